The fourth-order valence-electron chi connectivity index (χ4n) is 2.66. The number of unbranched alkanes of at least 4 members (excludes halogenated alkanes) is 2. The zero-order valence-electron chi connectivity index (χ0n) is 12.3. The molecule has 1 saturated heterocycles. The van der Waals surface area contributed by atoms with Crippen molar-refractivity contribution < 1.29 is 23.8 Å². The molecule has 112 valence electrons. The van der Waals surface area contributed by atoms with Gasteiger partial charge in [-0.2, -0.15) is 0 Å². The van der Waals surface area contributed by atoms with Crippen molar-refractivity contribution in [3.8, 4) is 0 Å². The molecule has 0 bridgehead atoms. The molecule has 2 unspecified atom stereocenters. The number of rotatable bonds is 7. The highest BCUT2D eigenvalue weighted by atomic mass is 16.6. The number of methoxy groups -OCH3 is 2. The van der Waals surface area contributed by atoms with Gasteiger partial charge in [0.15, 0.2) is 5.41 Å². The minimum atomic E-state index is -1.44. The van der Waals surface area contributed by atoms with E-state index in [9.17, 15) is 9.59 Å². The second kappa shape index (κ2) is 7.43. The van der Waals surface area contributed by atoms with Gasteiger partial charge in [-0.15, -0.1) is 0 Å². The smallest absolute Gasteiger partial charge is 0.326 e. The van der Waals surface area contributed by atoms with Crippen molar-refractivity contribution in [1.29, 1.82) is 0 Å². The highest BCUT2D eigenvalue weighted by molar-refractivity contribution is 6.01. The van der Waals surface area contributed by atoms with Gasteiger partial charge in [0.2, 0.25) is 0 Å². The first kappa shape index (κ1) is 16.7. The van der Waals surface area contributed by atoms with E-state index in [1.54, 1.807) is 0 Å². The second-order valence-corrected chi connectivity index (χ2v) is 4.93. The number of hydrogen-bond acceptors (Lipinski definition) is 5. The molecule has 1 fully saturated rings. The van der Waals surface area contributed by atoms with Crippen LogP contribution in [-0.2, 0) is 23.8 Å². The predicted octanol–water partition coefficient (Wildman–Crippen LogP) is 1.85. The fourth-order valence-corrected chi connectivity index (χ4v) is 2.66. The van der Waals surface area contributed by atoms with E-state index in [1.165, 1.54) is 14.2 Å². The van der Waals surface area contributed by atoms with Gasteiger partial charge in [0.05, 0.1) is 26.4 Å². The van der Waals surface area contributed by atoms with Crippen molar-refractivity contribution in [3.05, 3.63) is 12.7 Å². The summed E-state index contributed by atoms with van der Waals surface area (Å²) in [5.74, 6) is -1.27. The summed E-state index contributed by atoms with van der Waals surface area (Å²) in [5.41, 5.74) is -1.44. The molecular formula is C15H22O5. The molecule has 0 aliphatic carbocycles. The Morgan fingerprint density at radius 3 is 2.35 bits per heavy atom. The number of esters is 2. The Bertz CT molecular complexity index is 347. The molecule has 0 spiro atoms. The molecule has 1 aliphatic heterocycles. The van der Waals surface area contributed by atoms with Gasteiger partial charge in [-0.1, -0.05) is 32.8 Å². The van der Waals surface area contributed by atoms with Crippen molar-refractivity contribution in [1.82, 2.24) is 0 Å². The minimum absolute atomic E-state index is 0.111. The van der Waals surface area contributed by atoms with E-state index in [2.05, 4.69) is 13.0 Å². The second-order valence-electron chi connectivity index (χ2n) is 4.93. The molecule has 1 aliphatic rings. The van der Waals surface area contributed by atoms with Crippen LogP contribution >= 0.6 is 0 Å². The van der Waals surface area contributed by atoms with Gasteiger partial charge in [-0.3, -0.25) is 9.59 Å². The van der Waals surface area contributed by atoms with Crippen LogP contribution < -0.4 is 0 Å². The highest BCUT2D eigenvalue weighted by Crippen LogP contribution is 2.43. The first-order valence-corrected chi connectivity index (χ1v) is 6.85. The van der Waals surface area contributed by atoms with Crippen LogP contribution in [0, 0.1) is 18.1 Å². The number of hydrogen-bond donors (Lipinski definition) is 0. The maximum Gasteiger partial charge on any atom is 0.326 e. The zero-order chi connectivity index (χ0) is 15.2. The number of carbonyl (C=O) groups is 2. The van der Waals surface area contributed by atoms with Crippen LogP contribution in [-0.4, -0.2) is 38.4 Å². The third-order valence-corrected chi connectivity index (χ3v) is 3.74. The lowest BCUT2D eigenvalue weighted by Crippen LogP contribution is -2.47. The van der Waals surface area contributed by atoms with Gasteiger partial charge >= 0.3 is 11.9 Å². The van der Waals surface area contributed by atoms with E-state index in [0.29, 0.717) is 6.42 Å². The Morgan fingerprint density at radius 1 is 1.30 bits per heavy atom. The monoisotopic (exact) mass is 282 g/mol. The van der Waals surface area contributed by atoms with Crippen LogP contribution in [0.15, 0.2) is 0 Å². The third-order valence-electron chi connectivity index (χ3n) is 3.74. The largest absolute Gasteiger partial charge is 0.468 e. The fraction of sp³-hybridized carbons (Fsp3) is 0.733. The normalized spacial score (nSPS) is 24.1. The topological polar surface area (TPSA) is 61.8 Å². The average Bonchev–Trinajstić information content (AvgIpc) is 2.85. The Kier molecular flexibility index (Phi) is 6.20. The molecule has 0 amide bonds. The van der Waals surface area contributed by atoms with Crippen molar-refractivity contribution >= 4 is 11.9 Å². The maximum absolute atomic E-state index is 12.2. The van der Waals surface area contributed by atoms with Gasteiger partial charge in [0.25, 0.3) is 0 Å². The Morgan fingerprint density at radius 2 is 1.90 bits per heavy atom. The summed E-state index contributed by atoms with van der Waals surface area (Å²) in [7, 11) is 2.50. The lowest BCUT2D eigenvalue weighted by Gasteiger charge is -2.28. The molecule has 0 aromatic heterocycles. The minimum Gasteiger partial charge on any atom is -0.468 e. The molecule has 0 N–H and O–H groups in total. The summed E-state index contributed by atoms with van der Waals surface area (Å²) >= 11 is 0. The molecule has 20 heavy (non-hydrogen) atoms. The maximum atomic E-state index is 12.2. The average molecular weight is 282 g/mol. The first-order chi connectivity index (χ1) is 9.56. The van der Waals surface area contributed by atoms with E-state index in [-0.39, 0.29) is 6.42 Å². The summed E-state index contributed by atoms with van der Waals surface area (Å²) in [6, 6.07) is 0. The van der Waals surface area contributed by atoms with Gasteiger partial charge in [0.1, 0.15) is 0 Å². The van der Waals surface area contributed by atoms with E-state index < -0.39 is 29.6 Å². The van der Waals surface area contributed by atoms with E-state index in [1.807, 2.05) is 0 Å². The lowest BCUT2D eigenvalue weighted by molar-refractivity contribution is -0.173. The Labute approximate surface area is 120 Å². The lowest BCUT2D eigenvalue weighted by atomic mass is 9.77. The summed E-state index contributed by atoms with van der Waals surface area (Å²) < 4.78 is 15.3. The van der Waals surface area contributed by atoms with E-state index in [4.69, 9.17) is 20.8 Å². The summed E-state index contributed by atoms with van der Waals surface area (Å²) in [5, 5.41) is 0. The summed E-state index contributed by atoms with van der Waals surface area (Å²) in [4.78, 5) is 24.3. The van der Waals surface area contributed by atoms with Crippen LogP contribution in [0.3, 0.4) is 0 Å². The van der Waals surface area contributed by atoms with Gasteiger partial charge in [-0.05, 0) is 12.5 Å². The summed E-state index contributed by atoms with van der Waals surface area (Å²) in [6.45, 7) is 7.45. The standard InChI is InChI=1S/C15H22O5/c1-5-7-8-9-12-15(13(16)18-3,14(17)19-4)10-11(6-2)20-12/h2,11-12H,5,7-10H2,1,3-4H3. The molecule has 5 heteroatoms. The third kappa shape index (κ3) is 3.03. The Hall–Kier alpha value is -1.36. The van der Waals surface area contributed by atoms with E-state index in [0.717, 1.165) is 19.3 Å². The van der Waals surface area contributed by atoms with Crippen molar-refractivity contribution in [2.24, 2.45) is 5.41 Å². The van der Waals surface area contributed by atoms with Gasteiger partial charge in [-0.25, -0.2) is 0 Å². The molecular weight excluding hydrogens is 260 g/mol. The van der Waals surface area contributed by atoms with Gasteiger partial charge < -0.3 is 14.2 Å². The molecule has 2 radical (unpaired) electrons. The van der Waals surface area contributed by atoms with Crippen LogP contribution in [0.2, 0.25) is 0 Å². The molecule has 0 aromatic rings. The van der Waals surface area contributed by atoms with Crippen molar-refractivity contribution in [2.75, 3.05) is 14.2 Å². The quantitative estimate of drug-likeness (QED) is 0.405. The SMILES string of the molecule is [CH]=[C]C1CC(C(=O)OC)(C(=O)OC)C(CCCCC)O1. The Balaban J connectivity index is 3.03. The number of carbonyl (C=O) groups excluding carboxylic acids is 2. The molecule has 2 atom stereocenters. The van der Waals surface area contributed by atoms with Crippen LogP contribution in [0.1, 0.15) is 39.0 Å². The van der Waals surface area contributed by atoms with Crippen LogP contribution in [0.25, 0.3) is 0 Å². The van der Waals surface area contributed by atoms with Crippen molar-refractivity contribution in [2.45, 2.75) is 51.2 Å². The zero-order valence-corrected chi connectivity index (χ0v) is 12.3. The van der Waals surface area contributed by atoms with E-state index >= 15 is 0 Å². The number of ether oxygens (including phenoxy) is 3. The molecule has 5 nitrogen and oxygen atoms in total. The first-order valence-electron chi connectivity index (χ1n) is 6.85. The van der Waals surface area contributed by atoms with Crippen LogP contribution in [0.4, 0.5) is 0 Å². The molecule has 1 rings (SSSR count). The predicted molar refractivity (Wildman–Crippen MR) is 71.4 cm³/mol. The van der Waals surface area contributed by atoms with Crippen molar-refractivity contribution in [3.63, 3.8) is 0 Å². The summed E-state index contributed by atoms with van der Waals surface area (Å²) in [6.07, 6.45) is 4.88. The van der Waals surface area contributed by atoms with Gasteiger partial charge in [0, 0.05) is 6.42 Å². The highest BCUT2D eigenvalue weighted by Gasteiger charge is 2.60. The molecule has 0 saturated carbocycles. The molecule has 0 aromatic carbocycles. The molecule has 1 heterocycles. The van der Waals surface area contributed by atoms with Crippen LogP contribution in [0.5, 0.6) is 0 Å².